The Hall–Kier alpha value is -1.97. The molecule has 9 heteroatoms. The number of nitrogens with zero attached hydrogens (tertiary/aromatic N) is 1. The minimum atomic E-state index is -3.58. The number of anilines is 1. The number of aryl methyl sites for hydroxylation is 1. The van der Waals surface area contributed by atoms with Gasteiger partial charge in [-0.2, -0.15) is 4.31 Å². The summed E-state index contributed by atoms with van der Waals surface area (Å²) in [7, 11) is -3.58. The van der Waals surface area contributed by atoms with Crippen LogP contribution in [-0.2, 0) is 14.8 Å². The molecule has 3 heterocycles. The van der Waals surface area contributed by atoms with Crippen LogP contribution in [0.1, 0.15) is 17.7 Å². The lowest BCUT2D eigenvalue weighted by molar-refractivity contribution is -0.120. The topological polar surface area (TPSA) is 99.3 Å². The predicted octanol–water partition coefficient (Wildman–Crippen LogP) is 1.78. The molecular formula is C16H19N3O4S2. The zero-order valence-electron chi connectivity index (χ0n) is 13.7. The lowest BCUT2D eigenvalue weighted by Gasteiger charge is -2.30. The number of sulfonamides is 1. The van der Waals surface area contributed by atoms with Crippen molar-refractivity contribution in [2.24, 2.45) is 5.92 Å². The molecule has 1 saturated heterocycles. The Morgan fingerprint density at radius 1 is 1.36 bits per heavy atom. The van der Waals surface area contributed by atoms with Crippen molar-refractivity contribution in [3.8, 4) is 0 Å². The van der Waals surface area contributed by atoms with Gasteiger partial charge >= 0.3 is 0 Å². The van der Waals surface area contributed by atoms with Gasteiger partial charge in [-0.05, 0) is 44.0 Å². The maximum Gasteiger partial charge on any atom is 0.271 e. The standard InChI is InChI=1S/C16H19N3O4S2/c1-11-6-7-14(24-11)25(22,23)19-9-3-4-12(10-19)15(20)18-13-5-2-8-17-16(13)21/h2,5-8,12H,3-4,9-10H2,1H3,(H,17,21)(H,18,20)/t12-/m0/s1. The summed E-state index contributed by atoms with van der Waals surface area (Å²) in [6.07, 6.45) is 2.68. The number of H-pyrrole nitrogens is 1. The lowest BCUT2D eigenvalue weighted by atomic mass is 9.99. The van der Waals surface area contributed by atoms with E-state index in [4.69, 9.17) is 0 Å². The summed E-state index contributed by atoms with van der Waals surface area (Å²) in [4.78, 5) is 27.5. The van der Waals surface area contributed by atoms with E-state index in [0.29, 0.717) is 23.6 Å². The number of hydrogen-bond acceptors (Lipinski definition) is 5. The molecule has 1 aliphatic rings. The van der Waals surface area contributed by atoms with E-state index in [9.17, 15) is 18.0 Å². The number of aromatic nitrogens is 1. The zero-order valence-corrected chi connectivity index (χ0v) is 15.3. The van der Waals surface area contributed by atoms with Crippen LogP contribution < -0.4 is 10.9 Å². The van der Waals surface area contributed by atoms with E-state index < -0.39 is 15.9 Å². The number of carbonyl (C=O) groups excluding carboxylic acids is 1. The molecule has 2 aromatic heterocycles. The first-order valence-corrected chi connectivity index (χ1v) is 10.2. The second-order valence-corrected chi connectivity index (χ2v) is 9.42. The number of piperidine rings is 1. The first kappa shape index (κ1) is 17.8. The van der Waals surface area contributed by atoms with Crippen LogP contribution in [0, 0.1) is 12.8 Å². The van der Waals surface area contributed by atoms with E-state index >= 15 is 0 Å². The Labute approximate surface area is 149 Å². The fourth-order valence-corrected chi connectivity index (χ4v) is 5.77. The van der Waals surface area contributed by atoms with E-state index in [1.807, 2.05) is 6.92 Å². The number of thiophene rings is 1. The highest BCUT2D eigenvalue weighted by Crippen LogP contribution is 2.28. The fourth-order valence-electron chi connectivity index (χ4n) is 2.81. The highest BCUT2D eigenvalue weighted by Gasteiger charge is 2.34. The Morgan fingerprint density at radius 3 is 2.84 bits per heavy atom. The Balaban J connectivity index is 1.74. The molecule has 2 N–H and O–H groups in total. The van der Waals surface area contributed by atoms with E-state index in [2.05, 4.69) is 10.3 Å². The molecule has 1 amide bonds. The SMILES string of the molecule is Cc1ccc(S(=O)(=O)N2CCC[C@H](C(=O)Nc3ccc[nH]c3=O)C2)s1. The monoisotopic (exact) mass is 381 g/mol. The van der Waals surface area contributed by atoms with Crippen LogP contribution >= 0.6 is 11.3 Å². The van der Waals surface area contributed by atoms with Gasteiger partial charge in [0.05, 0.1) is 5.92 Å². The molecule has 0 radical (unpaired) electrons. The smallest absolute Gasteiger partial charge is 0.271 e. The average molecular weight is 381 g/mol. The van der Waals surface area contributed by atoms with E-state index in [1.165, 1.54) is 27.9 Å². The second kappa shape index (κ2) is 7.11. The molecule has 25 heavy (non-hydrogen) atoms. The minimum absolute atomic E-state index is 0.121. The van der Waals surface area contributed by atoms with Crippen molar-refractivity contribution in [2.75, 3.05) is 18.4 Å². The van der Waals surface area contributed by atoms with E-state index in [1.54, 1.807) is 18.2 Å². The van der Waals surface area contributed by atoms with Gasteiger partial charge in [0.25, 0.3) is 15.6 Å². The molecule has 3 rings (SSSR count). The lowest BCUT2D eigenvalue weighted by Crippen LogP contribution is -2.43. The van der Waals surface area contributed by atoms with Crippen LogP contribution in [0.2, 0.25) is 0 Å². The fraction of sp³-hybridized carbons (Fsp3) is 0.375. The van der Waals surface area contributed by atoms with Crippen molar-refractivity contribution in [1.29, 1.82) is 0 Å². The van der Waals surface area contributed by atoms with Gasteiger partial charge in [-0.3, -0.25) is 9.59 Å². The van der Waals surface area contributed by atoms with Crippen molar-refractivity contribution in [3.63, 3.8) is 0 Å². The number of aromatic amines is 1. The van der Waals surface area contributed by atoms with Gasteiger partial charge in [-0.1, -0.05) is 0 Å². The number of amides is 1. The molecule has 0 spiro atoms. The van der Waals surface area contributed by atoms with Gasteiger partial charge in [-0.15, -0.1) is 11.3 Å². The summed E-state index contributed by atoms with van der Waals surface area (Å²) in [5.74, 6) is -0.817. The van der Waals surface area contributed by atoms with Crippen LogP contribution in [-0.4, -0.2) is 36.7 Å². The molecule has 0 aliphatic carbocycles. The minimum Gasteiger partial charge on any atom is -0.327 e. The molecule has 0 aromatic carbocycles. The number of pyridine rings is 1. The summed E-state index contributed by atoms with van der Waals surface area (Å²) in [5.41, 5.74) is -0.216. The normalized spacial score (nSPS) is 18.8. The number of nitrogens with one attached hydrogen (secondary N) is 2. The van der Waals surface area contributed by atoms with Gasteiger partial charge in [0.15, 0.2) is 0 Å². The van der Waals surface area contributed by atoms with Crippen LogP contribution in [0.25, 0.3) is 0 Å². The molecule has 1 atom stereocenters. The summed E-state index contributed by atoms with van der Waals surface area (Å²) >= 11 is 1.23. The Morgan fingerprint density at radius 2 is 2.16 bits per heavy atom. The molecule has 134 valence electrons. The molecular weight excluding hydrogens is 362 g/mol. The Bertz CT molecular complexity index is 933. The third-order valence-electron chi connectivity index (χ3n) is 4.14. The second-order valence-electron chi connectivity index (χ2n) is 5.97. The van der Waals surface area contributed by atoms with Crippen molar-refractivity contribution < 1.29 is 13.2 Å². The van der Waals surface area contributed by atoms with Gasteiger partial charge in [0.2, 0.25) is 5.91 Å². The summed E-state index contributed by atoms with van der Waals surface area (Å²) in [6, 6.07) is 6.51. The first-order valence-electron chi connectivity index (χ1n) is 7.93. The van der Waals surface area contributed by atoms with Crippen molar-refractivity contribution >= 4 is 33.0 Å². The number of rotatable bonds is 4. The number of carbonyl (C=O) groups is 1. The van der Waals surface area contributed by atoms with Crippen molar-refractivity contribution in [3.05, 3.63) is 45.7 Å². The largest absolute Gasteiger partial charge is 0.327 e. The van der Waals surface area contributed by atoms with Crippen LogP contribution in [0.4, 0.5) is 5.69 Å². The first-order chi connectivity index (χ1) is 11.9. The molecule has 0 bridgehead atoms. The van der Waals surface area contributed by atoms with Crippen molar-refractivity contribution in [2.45, 2.75) is 24.0 Å². The van der Waals surface area contributed by atoms with Crippen LogP contribution in [0.3, 0.4) is 0 Å². The average Bonchev–Trinajstić information content (AvgIpc) is 3.04. The van der Waals surface area contributed by atoms with E-state index in [-0.39, 0.29) is 23.7 Å². The van der Waals surface area contributed by atoms with Crippen molar-refractivity contribution in [1.82, 2.24) is 9.29 Å². The number of hydrogen-bond donors (Lipinski definition) is 2. The molecule has 7 nitrogen and oxygen atoms in total. The van der Waals surface area contributed by atoms with E-state index in [0.717, 1.165) is 4.88 Å². The van der Waals surface area contributed by atoms with Gasteiger partial charge in [0, 0.05) is 24.2 Å². The van der Waals surface area contributed by atoms with Crippen LogP contribution in [0.5, 0.6) is 0 Å². The third kappa shape index (κ3) is 3.83. The van der Waals surface area contributed by atoms with Gasteiger partial charge < -0.3 is 10.3 Å². The summed E-state index contributed by atoms with van der Waals surface area (Å²) in [6.45, 7) is 2.37. The summed E-state index contributed by atoms with van der Waals surface area (Å²) in [5, 5.41) is 2.59. The molecule has 1 fully saturated rings. The molecule has 1 aliphatic heterocycles. The Kier molecular flexibility index (Phi) is 5.07. The molecule has 2 aromatic rings. The molecule has 0 saturated carbocycles. The van der Waals surface area contributed by atoms with Gasteiger partial charge in [0.1, 0.15) is 9.90 Å². The van der Waals surface area contributed by atoms with Gasteiger partial charge in [-0.25, -0.2) is 8.42 Å². The third-order valence-corrected chi connectivity index (χ3v) is 7.47. The maximum absolute atomic E-state index is 12.7. The predicted molar refractivity (Wildman–Crippen MR) is 96.2 cm³/mol. The maximum atomic E-state index is 12.7. The summed E-state index contributed by atoms with van der Waals surface area (Å²) < 4.78 is 27.1. The molecule has 0 unspecified atom stereocenters. The zero-order chi connectivity index (χ0) is 18.0. The highest BCUT2D eigenvalue weighted by molar-refractivity contribution is 7.91. The van der Waals surface area contributed by atoms with Crippen LogP contribution in [0.15, 0.2) is 39.5 Å². The highest BCUT2D eigenvalue weighted by atomic mass is 32.2. The quantitative estimate of drug-likeness (QED) is 0.843.